The van der Waals surface area contributed by atoms with Gasteiger partial charge < -0.3 is 10.2 Å². The van der Waals surface area contributed by atoms with Gasteiger partial charge in [0, 0.05) is 32.6 Å². The number of thiazole rings is 1. The van der Waals surface area contributed by atoms with Gasteiger partial charge >= 0.3 is 0 Å². The first-order valence-electron chi connectivity index (χ1n) is 7.60. The molecule has 1 aliphatic heterocycles. The van der Waals surface area contributed by atoms with E-state index in [0.717, 1.165) is 25.2 Å². The molecule has 0 saturated carbocycles. The van der Waals surface area contributed by atoms with E-state index in [9.17, 15) is 4.79 Å². The number of carbonyl (C=O) groups is 1. The third-order valence-corrected chi connectivity index (χ3v) is 5.16. The predicted octanol–water partition coefficient (Wildman–Crippen LogP) is 2.83. The smallest absolute Gasteiger partial charge is 0.222 e. The number of aromatic nitrogens is 1. The summed E-state index contributed by atoms with van der Waals surface area (Å²) in [6.07, 6.45) is 1.58. The first-order valence-corrected chi connectivity index (χ1v) is 8.48. The first kappa shape index (κ1) is 15.2. The van der Waals surface area contributed by atoms with Gasteiger partial charge in [0.1, 0.15) is 0 Å². The molecule has 4 nitrogen and oxygen atoms in total. The number of benzene rings is 1. The van der Waals surface area contributed by atoms with E-state index in [1.165, 1.54) is 16.0 Å². The topological polar surface area (TPSA) is 45.2 Å². The van der Waals surface area contributed by atoms with Gasteiger partial charge in [0.2, 0.25) is 5.91 Å². The average Bonchev–Trinajstić information content (AvgIpc) is 2.95. The summed E-state index contributed by atoms with van der Waals surface area (Å²) in [6.45, 7) is 3.69. The van der Waals surface area contributed by atoms with Crippen molar-refractivity contribution < 1.29 is 4.79 Å². The van der Waals surface area contributed by atoms with Gasteiger partial charge in [-0.2, -0.15) is 0 Å². The van der Waals surface area contributed by atoms with E-state index in [-0.39, 0.29) is 5.91 Å². The van der Waals surface area contributed by atoms with Crippen LogP contribution in [0.1, 0.15) is 24.1 Å². The summed E-state index contributed by atoms with van der Waals surface area (Å²) >= 11 is 1.68. The van der Waals surface area contributed by atoms with Crippen LogP contribution >= 0.6 is 11.3 Å². The number of likely N-dealkylation sites (tertiary alicyclic amines) is 1. The molecule has 0 radical (unpaired) electrons. The summed E-state index contributed by atoms with van der Waals surface area (Å²) in [5.41, 5.74) is 5.48. The van der Waals surface area contributed by atoms with Gasteiger partial charge in [-0.15, -0.1) is 11.3 Å². The highest BCUT2D eigenvalue weighted by molar-refractivity contribution is 7.13. The number of amides is 1. The van der Waals surface area contributed by atoms with Gasteiger partial charge in [-0.25, -0.2) is 4.98 Å². The van der Waals surface area contributed by atoms with Crippen molar-refractivity contribution in [3.8, 4) is 10.4 Å². The number of likely N-dealkylation sites (N-methyl/N-ethyl adjacent to an activating group) is 1. The Hall–Kier alpha value is -1.72. The number of nitrogens with one attached hydrogen (secondary N) is 1. The lowest BCUT2D eigenvalue weighted by Crippen LogP contribution is -2.46. The maximum absolute atomic E-state index is 11.5. The lowest BCUT2D eigenvalue weighted by Gasteiger charge is -2.30. The summed E-state index contributed by atoms with van der Waals surface area (Å²) in [6, 6.07) is 9.05. The molecule has 0 aliphatic carbocycles. The van der Waals surface area contributed by atoms with Gasteiger partial charge in [-0.05, 0) is 24.5 Å². The number of hydrogen-bond acceptors (Lipinski definition) is 4. The molecule has 116 valence electrons. The molecule has 22 heavy (non-hydrogen) atoms. The van der Waals surface area contributed by atoms with Crippen molar-refractivity contribution in [2.24, 2.45) is 0 Å². The Labute approximate surface area is 135 Å². The predicted molar refractivity (Wildman–Crippen MR) is 89.8 cm³/mol. The SMILES string of the molecule is Cc1ncsc1-c1ccc(CNC2CCC(=O)N(C)C2)cc1. The van der Waals surface area contributed by atoms with Crippen molar-refractivity contribution in [2.45, 2.75) is 32.4 Å². The molecular formula is C17H21N3OS. The molecule has 1 fully saturated rings. The van der Waals surface area contributed by atoms with Crippen molar-refractivity contribution in [2.75, 3.05) is 13.6 Å². The van der Waals surface area contributed by atoms with E-state index in [4.69, 9.17) is 0 Å². The average molecular weight is 315 g/mol. The quantitative estimate of drug-likeness (QED) is 0.943. The van der Waals surface area contributed by atoms with Crippen molar-refractivity contribution in [3.63, 3.8) is 0 Å². The Morgan fingerprint density at radius 3 is 2.77 bits per heavy atom. The van der Waals surface area contributed by atoms with Crippen LogP contribution in [-0.2, 0) is 11.3 Å². The fraction of sp³-hybridized carbons (Fsp3) is 0.412. The van der Waals surface area contributed by atoms with E-state index < -0.39 is 0 Å². The maximum Gasteiger partial charge on any atom is 0.222 e. The van der Waals surface area contributed by atoms with Crippen LogP contribution in [0.15, 0.2) is 29.8 Å². The third-order valence-electron chi connectivity index (χ3n) is 4.18. The highest BCUT2D eigenvalue weighted by atomic mass is 32.1. The molecule has 5 heteroatoms. The summed E-state index contributed by atoms with van der Waals surface area (Å²) in [7, 11) is 1.88. The second-order valence-corrected chi connectivity index (χ2v) is 6.71. The molecule has 2 heterocycles. The molecule has 1 aromatic carbocycles. The van der Waals surface area contributed by atoms with Gasteiger partial charge in [0.25, 0.3) is 0 Å². The van der Waals surface area contributed by atoms with Crippen molar-refractivity contribution in [1.82, 2.24) is 15.2 Å². The zero-order chi connectivity index (χ0) is 15.5. The molecular weight excluding hydrogens is 294 g/mol. The molecule has 2 aromatic rings. The number of carbonyl (C=O) groups excluding carboxylic acids is 1. The fourth-order valence-corrected chi connectivity index (χ4v) is 3.61. The highest BCUT2D eigenvalue weighted by Crippen LogP contribution is 2.27. The maximum atomic E-state index is 11.5. The molecule has 1 saturated heterocycles. The van der Waals surface area contributed by atoms with Gasteiger partial charge in [-0.3, -0.25) is 4.79 Å². The van der Waals surface area contributed by atoms with Gasteiger partial charge in [0.15, 0.2) is 0 Å². The second-order valence-electron chi connectivity index (χ2n) is 5.85. The van der Waals surface area contributed by atoms with E-state index in [1.807, 2.05) is 24.4 Å². The van der Waals surface area contributed by atoms with Crippen LogP contribution in [0.25, 0.3) is 10.4 Å². The molecule has 1 aliphatic rings. The zero-order valence-corrected chi connectivity index (χ0v) is 13.8. The molecule has 1 amide bonds. The van der Waals surface area contributed by atoms with E-state index in [0.29, 0.717) is 12.5 Å². The Bertz CT molecular complexity index is 650. The fourth-order valence-electron chi connectivity index (χ4n) is 2.79. The highest BCUT2D eigenvalue weighted by Gasteiger charge is 2.22. The number of rotatable bonds is 4. The third kappa shape index (κ3) is 3.36. The monoisotopic (exact) mass is 315 g/mol. The minimum absolute atomic E-state index is 0.252. The van der Waals surface area contributed by atoms with Crippen LogP contribution in [0.5, 0.6) is 0 Å². The van der Waals surface area contributed by atoms with E-state index >= 15 is 0 Å². The molecule has 0 bridgehead atoms. The zero-order valence-electron chi connectivity index (χ0n) is 13.0. The van der Waals surface area contributed by atoms with Crippen LogP contribution in [0.3, 0.4) is 0 Å². The van der Waals surface area contributed by atoms with Crippen LogP contribution < -0.4 is 5.32 Å². The molecule has 1 unspecified atom stereocenters. The lowest BCUT2D eigenvalue weighted by atomic mass is 10.0. The summed E-state index contributed by atoms with van der Waals surface area (Å²) in [5.74, 6) is 0.252. The number of piperidine rings is 1. The Kier molecular flexibility index (Phi) is 4.55. The summed E-state index contributed by atoms with van der Waals surface area (Å²) in [4.78, 5) is 18.8. The Morgan fingerprint density at radius 1 is 1.36 bits per heavy atom. The number of nitrogens with zero attached hydrogens (tertiary/aromatic N) is 2. The van der Waals surface area contributed by atoms with Crippen molar-refractivity contribution in [1.29, 1.82) is 0 Å². The van der Waals surface area contributed by atoms with Gasteiger partial charge in [-0.1, -0.05) is 24.3 Å². The largest absolute Gasteiger partial charge is 0.344 e. The van der Waals surface area contributed by atoms with Crippen LogP contribution in [0.4, 0.5) is 0 Å². The molecule has 1 N–H and O–H groups in total. The summed E-state index contributed by atoms with van der Waals surface area (Å²) in [5, 5.41) is 3.55. The van der Waals surface area contributed by atoms with Crippen LogP contribution in [0, 0.1) is 6.92 Å². The molecule has 3 rings (SSSR count). The van der Waals surface area contributed by atoms with E-state index in [2.05, 4.69) is 34.6 Å². The second kappa shape index (κ2) is 6.58. The van der Waals surface area contributed by atoms with Crippen LogP contribution in [0.2, 0.25) is 0 Å². The minimum atomic E-state index is 0.252. The Morgan fingerprint density at radius 2 is 2.14 bits per heavy atom. The van der Waals surface area contributed by atoms with Crippen LogP contribution in [-0.4, -0.2) is 35.4 Å². The number of hydrogen-bond donors (Lipinski definition) is 1. The molecule has 0 spiro atoms. The normalized spacial score (nSPS) is 18.7. The van der Waals surface area contributed by atoms with Crippen molar-refractivity contribution >= 4 is 17.2 Å². The van der Waals surface area contributed by atoms with E-state index in [1.54, 1.807) is 11.3 Å². The first-order chi connectivity index (χ1) is 10.6. The Balaban J connectivity index is 1.58. The number of aryl methyl sites for hydroxylation is 1. The molecule has 1 atom stereocenters. The summed E-state index contributed by atoms with van der Waals surface area (Å²) < 4.78 is 0. The van der Waals surface area contributed by atoms with Crippen molar-refractivity contribution in [3.05, 3.63) is 41.0 Å². The van der Waals surface area contributed by atoms with Gasteiger partial charge in [0.05, 0.1) is 16.1 Å². The lowest BCUT2D eigenvalue weighted by molar-refractivity contribution is -0.132. The standard InChI is InChI=1S/C17H21N3OS/c1-12-17(22-11-19-12)14-5-3-13(4-6-14)9-18-15-7-8-16(21)20(2)10-15/h3-6,11,15,18H,7-10H2,1-2H3. The molecule has 1 aromatic heterocycles. The minimum Gasteiger partial charge on any atom is -0.344 e.